The summed E-state index contributed by atoms with van der Waals surface area (Å²) in [5, 5.41) is 15.0. The fourth-order valence-corrected chi connectivity index (χ4v) is 2.86. The highest BCUT2D eigenvalue weighted by atomic mass is 32.1. The van der Waals surface area contributed by atoms with Gasteiger partial charge in [-0.3, -0.25) is 0 Å². The molecule has 0 aromatic carbocycles. The van der Waals surface area contributed by atoms with Gasteiger partial charge in [0.05, 0.1) is 6.61 Å². The van der Waals surface area contributed by atoms with Crippen LogP contribution in [0.25, 0.3) is 0 Å². The van der Waals surface area contributed by atoms with Crippen LogP contribution in [-0.2, 0) is 6.54 Å². The maximum atomic E-state index is 9.42. The van der Waals surface area contributed by atoms with E-state index in [4.69, 9.17) is 0 Å². The van der Waals surface area contributed by atoms with E-state index in [9.17, 15) is 5.11 Å². The molecule has 3 heteroatoms. The van der Waals surface area contributed by atoms with Crippen LogP contribution in [0.15, 0.2) is 29.7 Å². The van der Waals surface area contributed by atoms with Gasteiger partial charge in [-0.15, -0.1) is 11.3 Å². The van der Waals surface area contributed by atoms with Crippen LogP contribution in [0.2, 0.25) is 0 Å². The molecule has 2 unspecified atom stereocenters. The number of nitrogens with one attached hydrogen (secondary N) is 1. The zero-order chi connectivity index (χ0) is 11.2. The molecule has 2 nitrogen and oxygen atoms in total. The van der Waals surface area contributed by atoms with Crippen molar-refractivity contribution in [3.8, 4) is 0 Å². The molecule has 1 aliphatic carbocycles. The topological polar surface area (TPSA) is 32.3 Å². The standard InChI is InChI=1S/C13H19NOS/c15-10-13(11-5-2-1-3-6-11)14-9-12-7-4-8-16-12/h1-2,4,7-8,11,13-15H,3,5-6,9-10H2. The summed E-state index contributed by atoms with van der Waals surface area (Å²) >= 11 is 1.76. The Morgan fingerprint density at radius 3 is 3.06 bits per heavy atom. The molecule has 1 aromatic rings. The van der Waals surface area contributed by atoms with Crippen LogP contribution in [0.4, 0.5) is 0 Å². The lowest BCUT2D eigenvalue weighted by Gasteiger charge is -2.27. The predicted molar refractivity (Wildman–Crippen MR) is 68.5 cm³/mol. The van der Waals surface area contributed by atoms with Gasteiger partial charge in [0, 0.05) is 17.5 Å². The first kappa shape index (κ1) is 11.8. The van der Waals surface area contributed by atoms with Gasteiger partial charge in [0.15, 0.2) is 0 Å². The SMILES string of the molecule is OCC(NCc1cccs1)C1CC=CCC1. The van der Waals surface area contributed by atoms with E-state index in [0.29, 0.717) is 5.92 Å². The Bertz CT molecular complexity index is 321. The van der Waals surface area contributed by atoms with E-state index < -0.39 is 0 Å². The Balaban J connectivity index is 1.83. The van der Waals surface area contributed by atoms with E-state index in [2.05, 4.69) is 35.0 Å². The van der Waals surface area contributed by atoms with Crippen LogP contribution < -0.4 is 5.32 Å². The second-order valence-electron chi connectivity index (χ2n) is 4.29. The first-order chi connectivity index (χ1) is 7.90. The van der Waals surface area contributed by atoms with Gasteiger partial charge in [-0.05, 0) is 36.6 Å². The molecule has 1 aromatic heterocycles. The van der Waals surface area contributed by atoms with Gasteiger partial charge in [-0.1, -0.05) is 18.2 Å². The summed E-state index contributed by atoms with van der Waals surface area (Å²) in [4.78, 5) is 1.34. The average Bonchev–Trinajstić information content (AvgIpc) is 2.84. The van der Waals surface area contributed by atoms with Crippen molar-refractivity contribution in [1.82, 2.24) is 5.32 Å². The molecule has 1 aliphatic rings. The Hall–Kier alpha value is -0.640. The molecule has 0 saturated carbocycles. The van der Waals surface area contributed by atoms with Crippen molar-refractivity contribution in [2.45, 2.75) is 31.8 Å². The van der Waals surface area contributed by atoms with Crippen LogP contribution in [0.5, 0.6) is 0 Å². The third-order valence-electron chi connectivity index (χ3n) is 3.19. The molecule has 16 heavy (non-hydrogen) atoms. The third-order valence-corrected chi connectivity index (χ3v) is 4.07. The van der Waals surface area contributed by atoms with E-state index in [1.54, 1.807) is 11.3 Å². The minimum absolute atomic E-state index is 0.240. The Labute approximate surface area is 101 Å². The van der Waals surface area contributed by atoms with Crippen LogP contribution in [0.1, 0.15) is 24.1 Å². The van der Waals surface area contributed by atoms with Crippen molar-refractivity contribution in [1.29, 1.82) is 0 Å². The van der Waals surface area contributed by atoms with Gasteiger partial charge in [-0.2, -0.15) is 0 Å². The molecular weight excluding hydrogens is 218 g/mol. The van der Waals surface area contributed by atoms with Crippen LogP contribution >= 0.6 is 11.3 Å². The van der Waals surface area contributed by atoms with Crippen molar-refractivity contribution in [2.75, 3.05) is 6.61 Å². The van der Waals surface area contributed by atoms with Gasteiger partial charge in [0.25, 0.3) is 0 Å². The zero-order valence-electron chi connectivity index (χ0n) is 9.43. The first-order valence-electron chi connectivity index (χ1n) is 5.92. The summed E-state index contributed by atoms with van der Waals surface area (Å²) in [5.74, 6) is 0.593. The van der Waals surface area contributed by atoms with Crippen molar-refractivity contribution in [3.05, 3.63) is 34.5 Å². The molecular formula is C13H19NOS. The lowest BCUT2D eigenvalue weighted by Crippen LogP contribution is -2.39. The van der Waals surface area contributed by atoms with Gasteiger partial charge >= 0.3 is 0 Å². The largest absolute Gasteiger partial charge is 0.395 e. The molecule has 1 heterocycles. The monoisotopic (exact) mass is 237 g/mol. The van der Waals surface area contributed by atoms with E-state index in [1.807, 2.05) is 0 Å². The molecule has 2 atom stereocenters. The molecule has 0 bridgehead atoms. The molecule has 2 N–H and O–H groups in total. The second kappa shape index (κ2) is 6.18. The lowest BCUT2D eigenvalue weighted by molar-refractivity contribution is 0.190. The highest BCUT2D eigenvalue weighted by molar-refractivity contribution is 7.09. The summed E-state index contributed by atoms with van der Waals surface area (Å²) in [6.45, 7) is 1.12. The van der Waals surface area contributed by atoms with E-state index in [-0.39, 0.29) is 12.6 Å². The quantitative estimate of drug-likeness (QED) is 0.771. The van der Waals surface area contributed by atoms with Gasteiger partial charge < -0.3 is 10.4 Å². The van der Waals surface area contributed by atoms with Crippen LogP contribution in [-0.4, -0.2) is 17.8 Å². The summed E-state index contributed by atoms with van der Waals surface area (Å²) < 4.78 is 0. The van der Waals surface area contributed by atoms with Crippen molar-refractivity contribution < 1.29 is 5.11 Å². The zero-order valence-corrected chi connectivity index (χ0v) is 10.2. The molecule has 88 valence electrons. The van der Waals surface area contributed by atoms with E-state index >= 15 is 0 Å². The number of aliphatic hydroxyl groups excluding tert-OH is 1. The van der Waals surface area contributed by atoms with Crippen LogP contribution in [0, 0.1) is 5.92 Å². The lowest BCUT2D eigenvalue weighted by atomic mass is 9.88. The summed E-state index contributed by atoms with van der Waals surface area (Å²) in [6.07, 6.45) is 7.93. The Kier molecular flexibility index (Phi) is 4.57. The van der Waals surface area contributed by atoms with Crippen molar-refractivity contribution >= 4 is 11.3 Å². The average molecular weight is 237 g/mol. The minimum Gasteiger partial charge on any atom is -0.395 e. The molecule has 0 fully saturated rings. The predicted octanol–water partition coefficient (Wildman–Crippen LogP) is 2.55. The number of hydrogen-bond acceptors (Lipinski definition) is 3. The number of hydrogen-bond donors (Lipinski definition) is 2. The first-order valence-corrected chi connectivity index (χ1v) is 6.79. The highest BCUT2D eigenvalue weighted by Crippen LogP contribution is 2.22. The van der Waals surface area contributed by atoms with Gasteiger partial charge in [0.1, 0.15) is 0 Å². The maximum Gasteiger partial charge on any atom is 0.0587 e. The fraction of sp³-hybridized carbons (Fsp3) is 0.538. The normalized spacial score (nSPS) is 22.2. The van der Waals surface area contributed by atoms with Gasteiger partial charge in [-0.25, -0.2) is 0 Å². The Morgan fingerprint density at radius 2 is 2.44 bits per heavy atom. The maximum absolute atomic E-state index is 9.42. The summed E-state index contributed by atoms with van der Waals surface area (Å²) in [5.41, 5.74) is 0. The number of thiophene rings is 1. The third kappa shape index (κ3) is 3.17. The summed E-state index contributed by atoms with van der Waals surface area (Å²) in [6, 6.07) is 4.44. The molecule has 2 rings (SSSR count). The molecule has 0 spiro atoms. The van der Waals surface area contributed by atoms with E-state index in [0.717, 1.165) is 19.4 Å². The van der Waals surface area contributed by atoms with Crippen molar-refractivity contribution in [3.63, 3.8) is 0 Å². The number of aliphatic hydroxyl groups is 1. The molecule has 0 radical (unpaired) electrons. The molecule has 0 aliphatic heterocycles. The van der Waals surface area contributed by atoms with Gasteiger partial charge in [0.2, 0.25) is 0 Å². The fourth-order valence-electron chi connectivity index (χ4n) is 2.21. The van der Waals surface area contributed by atoms with Crippen molar-refractivity contribution in [2.24, 2.45) is 5.92 Å². The van der Waals surface area contributed by atoms with E-state index in [1.165, 1.54) is 11.3 Å². The molecule has 0 saturated heterocycles. The molecule has 0 amide bonds. The smallest absolute Gasteiger partial charge is 0.0587 e. The number of rotatable bonds is 5. The summed E-state index contributed by atoms with van der Waals surface area (Å²) in [7, 11) is 0. The second-order valence-corrected chi connectivity index (χ2v) is 5.33. The minimum atomic E-state index is 0.240. The Morgan fingerprint density at radius 1 is 1.50 bits per heavy atom. The number of allylic oxidation sites excluding steroid dienone is 2. The highest BCUT2D eigenvalue weighted by Gasteiger charge is 2.20. The van der Waals surface area contributed by atoms with Crippen LogP contribution in [0.3, 0.4) is 0 Å².